The second kappa shape index (κ2) is 5.97. The fourth-order valence-electron chi connectivity index (χ4n) is 2.06. The monoisotopic (exact) mass is 301 g/mol. The molecule has 0 saturated carbocycles. The Labute approximate surface area is 125 Å². The van der Waals surface area contributed by atoms with Crippen molar-refractivity contribution in [3.8, 4) is 5.75 Å². The van der Waals surface area contributed by atoms with Crippen molar-refractivity contribution >= 4 is 22.0 Å². The molecule has 0 fully saturated rings. The van der Waals surface area contributed by atoms with E-state index in [0.717, 1.165) is 11.4 Å². The topological polar surface area (TPSA) is 55.6 Å². The quantitative estimate of drug-likeness (QED) is 0.787. The van der Waals surface area contributed by atoms with Crippen LogP contribution in [0.1, 0.15) is 12.6 Å². The molecule has 2 aromatic heterocycles. The van der Waals surface area contributed by atoms with Crippen molar-refractivity contribution in [2.75, 3.05) is 11.9 Å². The van der Waals surface area contributed by atoms with Crippen molar-refractivity contribution in [2.24, 2.45) is 0 Å². The highest BCUT2D eigenvalue weighted by Gasteiger charge is 2.05. The lowest BCUT2D eigenvalue weighted by Crippen LogP contribution is -2.14. The van der Waals surface area contributed by atoms with E-state index in [1.165, 1.54) is 11.3 Å². The maximum absolute atomic E-state index is 11.9. The molecule has 5 nitrogen and oxygen atoms in total. The summed E-state index contributed by atoms with van der Waals surface area (Å²) >= 11 is 1.45. The van der Waals surface area contributed by atoms with Gasteiger partial charge in [0.2, 0.25) is 0 Å². The zero-order valence-electron chi connectivity index (χ0n) is 11.6. The highest BCUT2D eigenvalue weighted by atomic mass is 32.1. The number of hydrogen-bond acceptors (Lipinski definition) is 5. The Balaban J connectivity index is 1.82. The summed E-state index contributed by atoms with van der Waals surface area (Å²) in [5, 5.41) is 5.12. The molecule has 3 rings (SSSR count). The van der Waals surface area contributed by atoms with Crippen molar-refractivity contribution < 1.29 is 4.74 Å². The maximum Gasteiger partial charge on any atom is 0.258 e. The van der Waals surface area contributed by atoms with Crippen LogP contribution in [-0.4, -0.2) is 16.0 Å². The molecule has 2 heterocycles. The normalized spacial score (nSPS) is 10.7. The number of nitrogens with one attached hydrogen (secondary N) is 1. The standard InChI is InChI=1S/C15H15N3O2S/c1-2-20-13-6-4-3-5-12(13)16-10-11-9-14(19)18-7-8-21-15(18)17-11/h3-9,16H,2,10H2,1H3. The third-order valence-electron chi connectivity index (χ3n) is 3.00. The number of hydrogen-bond donors (Lipinski definition) is 1. The second-order valence-electron chi connectivity index (χ2n) is 4.42. The molecular weight excluding hydrogens is 286 g/mol. The van der Waals surface area contributed by atoms with E-state index in [-0.39, 0.29) is 5.56 Å². The Kier molecular flexibility index (Phi) is 3.87. The van der Waals surface area contributed by atoms with Crippen LogP contribution in [0.2, 0.25) is 0 Å². The summed E-state index contributed by atoms with van der Waals surface area (Å²) in [5.41, 5.74) is 1.55. The summed E-state index contributed by atoms with van der Waals surface area (Å²) in [6.45, 7) is 3.04. The van der Waals surface area contributed by atoms with Crippen LogP contribution in [0.25, 0.3) is 4.96 Å². The molecule has 0 aliphatic carbocycles. The summed E-state index contributed by atoms with van der Waals surface area (Å²) in [7, 11) is 0. The van der Waals surface area contributed by atoms with Crippen LogP contribution in [0.3, 0.4) is 0 Å². The Hall–Kier alpha value is -2.34. The van der Waals surface area contributed by atoms with Gasteiger partial charge in [-0.2, -0.15) is 0 Å². The van der Waals surface area contributed by atoms with Crippen LogP contribution in [-0.2, 0) is 6.54 Å². The molecule has 0 aliphatic rings. The number of aromatic nitrogens is 2. The minimum atomic E-state index is -0.0591. The number of thiazole rings is 1. The summed E-state index contributed by atoms with van der Waals surface area (Å²) in [4.78, 5) is 17.1. The predicted octanol–water partition coefficient (Wildman–Crippen LogP) is 2.77. The Morgan fingerprint density at radius 2 is 2.24 bits per heavy atom. The first kappa shape index (κ1) is 13.6. The summed E-state index contributed by atoms with van der Waals surface area (Å²) < 4.78 is 7.10. The second-order valence-corrected chi connectivity index (χ2v) is 5.30. The van der Waals surface area contributed by atoms with Gasteiger partial charge in [-0.15, -0.1) is 11.3 Å². The average molecular weight is 301 g/mol. The van der Waals surface area contributed by atoms with Crippen molar-refractivity contribution in [3.63, 3.8) is 0 Å². The summed E-state index contributed by atoms with van der Waals surface area (Å²) in [6.07, 6.45) is 1.73. The minimum absolute atomic E-state index is 0.0591. The van der Waals surface area contributed by atoms with Crippen LogP contribution in [0, 0.1) is 0 Å². The predicted molar refractivity (Wildman–Crippen MR) is 84.3 cm³/mol. The van der Waals surface area contributed by atoms with Gasteiger partial charge >= 0.3 is 0 Å². The van der Waals surface area contributed by atoms with Gasteiger partial charge in [0.15, 0.2) is 4.96 Å². The molecule has 1 N–H and O–H groups in total. The highest BCUT2D eigenvalue weighted by molar-refractivity contribution is 7.15. The Morgan fingerprint density at radius 1 is 1.38 bits per heavy atom. The largest absolute Gasteiger partial charge is 0.492 e. The zero-order valence-corrected chi connectivity index (χ0v) is 12.4. The molecular formula is C15H15N3O2S. The lowest BCUT2D eigenvalue weighted by Gasteiger charge is -2.11. The molecule has 0 atom stereocenters. The van der Waals surface area contributed by atoms with Crippen LogP contribution >= 0.6 is 11.3 Å². The first-order valence-electron chi connectivity index (χ1n) is 6.69. The van der Waals surface area contributed by atoms with Gasteiger partial charge in [0, 0.05) is 17.6 Å². The van der Waals surface area contributed by atoms with Gasteiger partial charge in [-0.25, -0.2) is 4.98 Å². The average Bonchev–Trinajstić information content (AvgIpc) is 2.96. The Bertz CT molecular complexity index is 810. The molecule has 0 spiro atoms. The minimum Gasteiger partial charge on any atom is -0.492 e. The fourth-order valence-corrected chi connectivity index (χ4v) is 2.80. The van der Waals surface area contributed by atoms with Gasteiger partial charge in [-0.05, 0) is 19.1 Å². The number of anilines is 1. The first-order valence-corrected chi connectivity index (χ1v) is 7.57. The van der Waals surface area contributed by atoms with E-state index in [1.54, 1.807) is 16.7 Å². The molecule has 108 valence electrons. The van der Waals surface area contributed by atoms with Gasteiger partial charge in [0.05, 0.1) is 24.5 Å². The highest BCUT2D eigenvalue weighted by Crippen LogP contribution is 2.24. The zero-order chi connectivity index (χ0) is 14.7. The first-order chi connectivity index (χ1) is 10.3. The van der Waals surface area contributed by atoms with Gasteiger partial charge in [-0.1, -0.05) is 12.1 Å². The number of nitrogens with zero attached hydrogens (tertiary/aromatic N) is 2. The fraction of sp³-hybridized carbons (Fsp3) is 0.200. The molecule has 0 bridgehead atoms. The molecule has 0 saturated heterocycles. The van der Waals surface area contributed by atoms with Gasteiger partial charge in [-0.3, -0.25) is 9.20 Å². The lowest BCUT2D eigenvalue weighted by atomic mass is 10.3. The SMILES string of the molecule is CCOc1ccccc1NCc1cc(=O)n2ccsc2n1. The number of rotatable bonds is 5. The van der Waals surface area contributed by atoms with Crippen molar-refractivity contribution in [2.45, 2.75) is 13.5 Å². The number of benzene rings is 1. The van der Waals surface area contributed by atoms with Crippen molar-refractivity contribution in [1.82, 2.24) is 9.38 Å². The van der Waals surface area contributed by atoms with Crippen molar-refractivity contribution in [3.05, 3.63) is 58.0 Å². The lowest BCUT2D eigenvalue weighted by molar-refractivity contribution is 0.341. The van der Waals surface area contributed by atoms with E-state index in [2.05, 4.69) is 10.3 Å². The van der Waals surface area contributed by atoms with Gasteiger partial charge < -0.3 is 10.1 Å². The molecule has 0 unspecified atom stereocenters. The van der Waals surface area contributed by atoms with Crippen LogP contribution in [0.15, 0.2) is 46.7 Å². The number of ether oxygens (including phenoxy) is 1. The van der Waals surface area contributed by atoms with E-state index >= 15 is 0 Å². The van der Waals surface area contributed by atoms with Crippen LogP contribution in [0.4, 0.5) is 5.69 Å². The molecule has 21 heavy (non-hydrogen) atoms. The number of para-hydroxylation sites is 2. The van der Waals surface area contributed by atoms with Crippen LogP contribution in [0.5, 0.6) is 5.75 Å². The third-order valence-corrected chi connectivity index (χ3v) is 3.76. The molecule has 1 aromatic carbocycles. The molecule has 0 amide bonds. The van der Waals surface area contributed by atoms with E-state index in [0.29, 0.717) is 23.8 Å². The van der Waals surface area contributed by atoms with E-state index in [9.17, 15) is 4.79 Å². The molecule has 6 heteroatoms. The maximum atomic E-state index is 11.9. The van der Waals surface area contributed by atoms with Gasteiger partial charge in [0.1, 0.15) is 5.75 Å². The molecule has 0 aliphatic heterocycles. The van der Waals surface area contributed by atoms with Crippen LogP contribution < -0.4 is 15.6 Å². The van der Waals surface area contributed by atoms with E-state index in [1.807, 2.05) is 36.6 Å². The summed E-state index contributed by atoms with van der Waals surface area (Å²) in [5.74, 6) is 0.800. The van der Waals surface area contributed by atoms with Gasteiger partial charge in [0.25, 0.3) is 5.56 Å². The number of fused-ring (bicyclic) bond motifs is 1. The summed E-state index contributed by atoms with van der Waals surface area (Å²) in [6, 6.07) is 9.28. The van der Waals surface area contributed by atoms with Crippen molar-refractivity contribution in [1.29, 1.82) is 0 Å². The smallest absolute Gasteiger partial charge is 0.258 e. The third kappa shape index (κ3) is 2.90. The molecule has 3 aromatic rings. The Morgan fingerprint density at radius 3 is 3.10 bits per heavy atom. The van der Waals surface area contributed by atoms with E-state index < -0.39 is 0 Å². The molecule has 0 radical (unpaired) electrons. The van der Waals surface area contributed by atoms with E-state index in [4.69, 9.17) is 4.74 Å².